The maximum Gasteiger partial charge on any atom is 0.323 e. The zero-order chi connectivity index (χ0) is 15.0. The minimum absolute atomic E-state index is 0.514. The van der Waals surface area contributed by atoms with Crippen LogP contribution in [0, 0.1) is 0 Å². The van der Waals surface area contributed by atoms with Gasteiger partial charge in [0.2, 0.25) is 0 Å². The van der Waals surface area contributed by atoms with E-state index in [0.29, 0.717) is 6.42 Å². The number of pyridine rings is 1. The largest absolute Gasteiger partial charge is 0.480 e. The van der Waals surface area contributed by atoms with Crippen LogP contribution in [0.2, 0.25) is 0 Å². The molecule has 0 spiro atoms. The van der Waals surface area contributed by atoms with E-state index in [1.807, 2.05) is 24.5 Å². The molecule has 1 heterocycles. The third-order valence-corrected chi connectivity index (χ3v) is 3.51. The van der Waals surface area contributed by atoms with Gasteiger partial charge in [-0.05, 0) is 63.9 Å². The number of rotatable bonds is 9. The van der Waals surface area contributed by atoms with Crippen LogP contribution < -0.4 is 5.73 Å². The van der Waals surface area contributed by atoms with Crippen molar-refractivity contribution < 1.29 is 9.90 Å². The monoisotopic (exact) mass is 279 g/mol. The fourth-order valence-corrected chi connectivity index (χ4v) is 1.96. The van der Waals surface area contributed by atoms with Crippen LogP contribution in [-0.4, -0.2) is 46.6 Å². The predicted molar refractivity (Wildman–Crippen MR) is 79.5 cm³/mol. The van der Waals surface area contributed by atoms with Crippen LogP contribution in [0.3, 0.4) is 0 Å². The minimum atomic E-state index is -1.10. The molecule has 112 valence electrons. The predicted octanol–water partition coefficient (Wildman–Crippen LogP) is 1.53. The molecule has 0 aliphatic carbocycles. The lowest BCUT2D eigenvalue weighted by Gasteiger charge is -2.20. The Labute approximate surface area is 120 Å². The number of hydrogen-bond acceptors (Lipinski definition) is 4. The minimum Gasteiger partial charge on any atom is -0.480 e. The number of carboxylic acid groups (broad SMARTS) is 1. The smallest absolute Gasteiger partial charge is 0.323 e. The van der Waals surface area contributed by atoms with Gasteiger partial charge in [-0.2, -0.15) is 0 Å². The van der Waals surface area contributed by atoms with Gasteiger partial charge in [-0.15, -0.1) is 0 Å². The molecule has 0 radical (unpaired) electrons. The van der Waals surface area contributed by atoms with Gasteiger partial charge in [0.1, 0.15) is 5.54 Å². The van der Waals surface area contributed by atoms with E-state index in [9.17, 15) is 4.79 Å². The maximum absolute atomic E-state index is 10.9. The zero-order valence-electron chi connectivity index (χ0n) is 12.4. The third-order valence-electron chi connectivity index (χ3n) is 3.51. The highest BCUT2D eigenvalue weighted by Gasteiger charge is 2.26. The molecule has 5 nitrogen and oxygen atoms in total. The molecule has 3 N–H and O–H groups in total. The van der Waals surface area contributed by atoms with Crippen LogP contribution in [0.1, 0.15) is 31.7 Å². The summed E-state index contributed by atoms with van der Waals surface area (Å²) < 4.78 is 0. The van der Waals surface area contributed by atoms with Crippen LogP contribution >= 0.6 is 0 Å². The molecule has 20 heavy (non-hydrogen) atoms. The molecule has 1 rings (SSSR count). The van der Waals surface area contributed by atoms with E-state index in [1.165, 1.54) is 5.56 Å². The highest BCUT2D eigenvalue weighted by molar-refractivity contribution is 5.77. The number of nitrogens with two attached hydrogens (primary N) is 1. The van der Waals surface area contributed by atoms with E-state index in [1.54, 1.807) is 6.92 Å². The molecule has 0 saturated heterocycles. The molecule has 1 aromatic rings. The van der Waals surface area contributed by atoms with Crippen molar-refractivity contribution in [3.63, 3.8) is 0 Å². The molecule has 0 aliphatic rings. The first-order chi connectivity index (χ1) is 9.42. The number of unbranched alkanes of at least 4 members (excludes halogenated alkanes) is 1. The lowest BCUT2D eigenvalue weighted by Crippen LogP contribution is -2.44. The van der Waals surface area contributed by atoms with Crippen molar-refractivity contribution in [1.29, 1.82) is 0 Å². The van der Waals surface area contributed by atoms with Gasteiger partial charge in [-0.1, -0.05) is 0 Å². The van der Waals surface area contributed by atoms with E-state index in [0.717, 1.165) is 32.4 Å². The van der Waals surface area contributed by atoms with E-state index in [4.69, 9.17) is 10.8 Å². The Hall–Kier alpha value is -1.46. The van der Waals surface area contributed by atoms with Gasteiger partial charge < -0.3 is 15.7 Å². The molecular formula is C15H25N3O2. The summed E-state index contributed by atoms with van der Waals surface area (Å²) in [4.78, 5) is 17.1. The van der Waals surface area contributed by atoms with Gasteiger partial charge in [0.25, 0.3) is 0 Å². The molecule has 5 heteroatoms. The second kappa shape index (κ2) is 7.97. The van der Waals surface area contributed by atoms with E-state index < -0.39 is 11.5 Å². The van der Waals surface area contributed by atoms with Crippen molar-refractivity contribution >= 4 is 5.97 Å². The quantitative estimate of drug-likeness (QED) is 0.670. The van der Waals surface area contributed by atoms with Crippen molar-refractivity contribution in [3.8, 4) is 0 Å². The third kappa shape index (κ3) is 6.12. The number of hydrogen-bond donors (Lipinski definition) is 2. The molecule has 0 amide bonds. The summed E-state index contributed by atoms with van der Waals surface area (Å²) in [7, 11) is 2.08. The van der Waals surface area contributed by atoms with Crippen LogP contribution in [0.25, 0.3) is 0 Å². The Morgan fingerprint density at radius 3 is 2.60 bits per heavy atom. The number of carbonyl (C=O) groups is 1. The van der Waals surface area contributed by atoms with Gasteiger partial charge >= 0.3 is 5.97 Å². The average molecular weight is 279 g/mol. The van der Waals surface area contributed by atoms with Crippen LogP contribution in [0.5, 0.6) is 0 Å². The number of likely N-dealkylation sites (N-methyl/N-ethyl adjacent to an activating group) is 1. The Kier molecular flexibility index (Phi) is 6.61. The number of nitrogens with zero attached hydrogens (tertiary/aromatic N) is 2. The summed E-state index contributed by atoms with van der Waals surface area (Å²) >= 11 is 0. The van der Waals surface area contributed by atoms with Gasteiger partial charge in [0, 0.05) is 18.9 Å². The second-order valence-electron chi connectivity index (χ2n) is 5.59. The normalized spacial score (nSPS) is 14.2. The Bertz CT molecular complexity index is 407. The lowest BCUT2D eigenvalue weighted by atomic mass is 9.96. The first kappa shape index (κ1) is 16.6. The standard InChI is InChI=1S/C15H25N3O2/c1-15(16,14(19)20)8-3-4-11-18(2)12-7-13-5-9-17-10-6-13/h5-6,9-10H,3-4,7-8,11-12,16H2,1-2H3,(H,19,20). The fourth-order valence-electron chi connectivity index (χ4n) is 1.96. The summed E-state index contributed by atoms with van der Waals surface area (Å²) in [6.07, 6.45) is 6.93. The summed E-state index contributed by atoms with van der Waals surface area (Å²) in [6.45, 7) is 3.52. The van der Waals surface area contributed by atoms with Gasteiger partial charge in [0.15, 0.2) is 0 Å². The van der Waals surface area contributed by atoms with Crippen molar-refractivity contribution in [2.24, 2.45) is 5.73 Å². The van der Waals surface area contributed by atoms with Crippen molar-refractivity contribution in [2.75, 3.05) is 20.1 Å². The second-order valence-corrected chi connectivity index (χ2v) is 5.59. The lowest BCUT2D eigenvalue weighted by molar-refractivity contribution is -0.142. The van der Waals surface area contributed by atoms with Crippen molar-refractivity contribution in [1.82, 2.24) is 9.88 Å². The Morgan fingerprint density at radius 1 is 1.35 bits per heavy atom. The number of carboxylic acids is 1. The summed E-state index contributed by atoms with van der Waals surface area (Å²) in [5.41, 5.74) is 5.87. The number of aliphatic carboxylic acids is 1. The molecule has 0 aliphatic heterocycles. The molecule has 0 aromatic carbocycles. The summed E-state index contributed by atoms with van der Waals surface area (Å²) in [5, 5.41) is 8.92. The van der Waals surface area contributed by atoms with Gasteiger partial charge in [-0.3, -0.25) is 9.78 Å². The summed E-state index contributed by atoms with van der Waals surface area (Å²) in [6, 6.07) is 4.06. The van der Waals surface area contributed by atoms with Crippen molar-refractivity contribution in [2.45, 2.75) is 38.1 Å². The van der Waals surface area contributed by atoms with E-state index in [-0.39, 0.29) is 0 Å². The molecular weight excluding hydrogens is 254 g/mol. The molecule has 0 saturated carbocycles. The SMILES string of the molecule is CN(CCCCC(C)(N)C(=O)O)CCc1ccncc1. The first-order valence-corrected chi connectivity index (χ1v) is 7.01. The van der Waals surface area contributed by atoms with Crippen molar-refractivity contribution in [3.05, 3.63) is 30.1 Å². The van der Waals surface area contributed by atoms with Crippen LogP contribution in [0.4, 0.5) is 0 Å². The summed E-state index contributed by atoms with van der Waals surface area (Å²) in [5.74, 6) is -0.927. The number of aromatic nitrogens is 1. The maximum atomic E-state index is 10.9. The van der Waals surface area contributed by atoms with Gasteiger partial charge in [0.05, 0.1) is 0 Å². The fraction of sp³-hybridized carbons (Fsp3) is 0.600. The zero-order valence-corrected chi connectivity index (χ0v) is 12.4. The Morgan fingerprint density at radius 2 is 2.00 bits per heavy atom. The van der Waals surface area contributed by atoms with Crippen LogP contribution in [-0.2, 0) is 11.2 Å². The van der Waals surface area contributed by atoms with E-state index in [2.05, 4.69) is 16.9 Å². The molecule has 1 unspecified atom stereocenters. The Balaban J connectivity index is 2.15. The molecule has 1 aromatic heterocycles. The molecule has 0 bridgehead atoms. The molecule has 0 fully saturated rings. The average Bonchev–Trinajstić information content (AvgIpc) is 2.42. The first-order valence-electron chi connectivity index (χ1n) is 7.01. The highest BCUT2D eigenvalue weighted by atomic mass is 16.4. The molecule has 1 atom stereocenters. The van der Waals surface area contributed by atoms with E-state index >= 15 is 0 Å². The van der Waals surface area contributed by atoms with Crippen LogP contribution in [0.15, 0.2) is 24.5 Å². The van der Waals surface area contributed by atoms with Gasteiger partial charge in [-0.25, -0.2) is 0 Å². The highest BCUT2D eigenvalue weighted by Crippen LogP contribution is 2.11. The topological polar surface area (TPSA) is 79.5 Å².